The van der Waals surface area contributed by atoms with Gasteiger partial charge in [-0.3, -0.25) is 14.3 Å². The molecule has 2 heterocycles. The van der Waals surface area contributed by atoms with Gasteiger partial charge in [0.05, 0.1) is 16.4 Å². The van der Waals surface area contributed by atoms with Crippen molar-refractivity contribution in [2.45, 2.75) is 41.2 Å². The molecule has 5 heteroatoms. The van der Waals surface area contributed by atoms with Crippen molar-refractivity contribution in [1.82, 2.24) is 19.4 Å². The molecule has 5 nitrogen and oxygen atoms in total. The Kier molecular flexibility index (Phi) is 4.86. The van der Waals surface area contributed by atoms with Crippen LogP contribution in [0.3, 0.4) is 0 Å². The fraction of sp³-hybridized carbons (Fsp3) is 0.450. The van der Waals surface area contributed by atoms with Crippen LogP contribution in [0.25, 0.3) is 21.8 Å². The molecule has 0 bridgehead atoms. The number of hydrogen-bond donors (Lipinski definition) is 0. The lowest BCUT2D eigenvalue weighted by molar-refractivity contribution is 0.287. The van der Waals surface area contributed by atoms with E-state index < -0.39 is 0 Å². The first-order valence-corrected chi connectivity index (χ1v) is 8.95. The van der Waals surface area contributed by atoms with Gasteiger partial charge < -0.3 is 4.90 Å². The SMILES string of the molecule is CCN(CC)CCn1c(C)nc2c(cnc3cc(C)c(C)cc32)c1=O. The lowest BCUT2D eigenvalue weighted by Gasteiger charge is -2.19. The van der Waals surface area contributed by atoms with Crippen LogP contribution in [0.1, 0.15) is 30.8 Å². The third-order valence-corrected chi connectivity index (χ3v) is 5.13. The van der Waals surface area contributed by atoms with Crippen LogP contribution in [-0.4, -0.2) is 39.1 Å². The topological polar surface area (TPSA) is 51.0 Å². The minimum Gasteiger partial charge on any atom is -0.302 e. The molecule has 132 valence electrons. The molecule has 25 heavy (non-hydrogen) atoms. The maximum absolute atomic E-state index is 13.0. The quantitative estimate of drug-likeness (QED) is 0.670. The predicted octanol–water partition coefficient (Wildman–Crippen LogP) is 3.21. The van der Waals surface area contributed by atoms with E-state index in [0.29, 0.717) is 11.9 Å². The summed E-state index contributed by atoms with van der Waals surface area (Å²) in [5.41, 5.74) is 4.04. The number of aryl methyl sites for hydroxylation is 3. The second-order valence-corrected chi connectivity index (χ2v) is 6.62. The first kappa shape index (κ1) is 17.5. The molecule has 0 atom stereocenters. The van der Waals surface area contributed by atoms with E-state index in [0.717, 1.165) is 41.9 Å². The predicted molar refractivity (Wildman–Crippen MR) is 103 cm³/mol. The van der Waals surface area contributed by atoms with Gasteiger partial charge in [-0.05, 0) is 57.1 Å². The number of aromatic nitrogens is 3. The average Bonchev–Trinajstić information content (AvgIpc) is 2.59. The molecule has 0 spiro atoms. The van der Waals surface area contributed by atoms with Crippen molar-refractivity contribution in [2.75, 3.05) is 19.6 Å². The Labute approximate surface area is 148 Å². The van der Waals surface area contributed by atoms with Crippen molar-refractivity contribution in [3.8, 4) is 0 Å². The Balaban J connectivity index is 2.16. The summed E-state index contributed by atoms with van der Waals surface area (Å²) in [6.07, 6.45) is 1.68. The van der Waals surface area contributed by atoms with Gasteiger partial charge in [-0.2, -0.15) is 0 Å². The van der Waals surface area contributed by atoms with Crippen LogP contribution in [0.2, 0.25) is 0 Å². The summed E-state index contributed by atoms with van der Waals surface area (Å²) in [7, 11) is 0. The molecule has 0 unspecified atom stereocenters. The van der Waals surface area contributed by atoms with E-state index in [1.807, 2.05) is 6.92 Å². The highest BCUT2D eigenvalue weighted by molar-refractivity contribution is 6.03. The average molecular weight is 338 g/mol. The van der Waals surface area contributed by atoms with Gasteiger partial charge in [0, 0.05) is 24.7 Å². The van der Waals surface area contributed by atoms with E-state index in [-0.39, 0.29) is 5.56 Å². The lowest BCUT2D eigenvalue weighted by atomic mass is 10.0. The number of fused-ring (bicyclic) bond motifs is 3. The summed E-state index contributed by atoms with van der Waals surface area (Å²) in [4.78, 5) is 24.6. The second kappa shape index (κ2) is 6.92. The third-order valence-electron chi connectivity index (χ3n) is 5.13. The normalized spacial score (nSPS) is 11.8. The maximum Gasteiger partial charge on any atom is 0.263 e. The summed E-state index contributed by atoms with van der Waals surface area (Å²) in [6.45, 7) is 13.8. The van der Waals surface area contributed by atoms with Gasteiger partial charge in [-0.1, -0.05) is 13.8 Å². The molecule has 3 aromatic rings. The third kappa shape index (κ3) is 3.16. The van der Waals surface area contributed by atoms with Crippen molar-refractivity contribution in [3.63, 3.8) is 0 Å². The zero-order valence-corrected chi connectivity index (χ0v) is 15.8. The molecular weight excluding hydrogens is 312 g/mol. The standard InChI is InChI=1S/C20H26N4O/c1-6-23(7-2)8-9-24-15(5)22-19-16-10-13(3)14(4)11-18(16)21-12-17(19)20(24)25/h10-12H,6-9H2,1-5H3. The van der Waals surface area contributed by atoms with Gasteiger partial charge in [-0.15, -0.1) is 0 Å². The molecule has 0 aliphatic carbocycles. The van der Waals surface area contributed by atoms with Crippen molar-refractivity contribution in [3.05, 3.63) is 45.6 Å². The minimum absolute atomic E-state index is 0.00211. The Morgan fingerprint density at radius 1 is 1.04 bits per heavy atom. The fourth-order valence-electron chi connectivity index (χ4n) is 3.27. The van der Waals surface area contributed by atoms with E-state index >= 15 is 0 Å². The van der Waals surface area contributed by atoms with Crippen molar-refractivity contribution >= 4 is 21.8 Å². The number of nitrogens with zero attached hydrogens (tertiary/aromatic N) is 4. The van der Waals surface area contributed by atoms with Gasteiger partial charge in [0.25, 0.3) is 5.56 Å². The summed E-state index contributed by atoms with van der Waals surface area (Å²) in [5.74, 6) is 0.760. The number of benzene rings is 1. The number of hydrogen-bond acceptors (Lipinski definition) is 4. The Bertz CT molecular complexity index is 987. The highest BCUT2D eigenvalue weighted by Gasteiger charge is 2.13. The van der Waals surface area contributed by atoms with Crippen LogP contribution in [0.15, 0.2) is 23.1 Å². The van der Waals surface area contributed by atoms with E-state index in [1.54, 1.807) is 10.8 Å². The van der Waals surface area contributed by atoms with Gasteiger partial charge in [0.1, 0.15) is 5.82 Å². The molecule has 1 aromatic carbocycles. The lowest BCUT2D eigenvalue weighted by Crippen LogP contribution is -2.32. The van der Waals surface area contributed by atoms with Gasteiger partial charge in [0.2, 0.25) is 0 Å². The number of rotatable bonds is 5. The van der Waals surface area contributed by atoms with Crippen molar-refractivity contribution in [2.24, 2.45) is 0 Å². The largest absolute Gasteiger partial charge is 0.302 e. The Hall–Kier alpha value is -2.27. The van der Waals surface area contributed by atoms with E-state index in [2.05, 4.69) is 49.7 Å². The zero-order valence-electron chi connectivity index (χ0n) is 15.8. The Morgan fingerprint density at radius 3 is 2.40 bits per heavy atom. The smallest absolute Gasteiger partial charge is 0.263 e. The van der Waals surface area contributed by atoms with Crippen LogP contribution in [0, 0.1) is 20.8 Å². The first-order chi connectivity index (χ1) is 12.0. The summed E-state index contributed by atoms with van der Waals surface area (Å²) in [6, 6.07) is 4.15. The van der Waals surface area contributed by atoms with Crippen LogP contribution < -0.4 is 5.56 Å². The van der Waals surface area contributed by atoms with Crippen LogP contribution >= 0.6 is 0 Å². The molecule has 0 N–H and O–H groups in total. The van der Waals surface area contributed by atoms with Crippen LogP contribution in [0.4, 0.5) is 0 Å². The molecule has 0 aliphatic heterocycles. The highest BCUT2D eigenvalue weighted by Crippen LogP contribution is 2.23. The first-order valence-electron chi connectivity index (χ1n) is 8.95. The van der Waals surface area contributed by atoms with Crippen LogP contribution in [-0.2, 0) is 6.54 Å². The molecule has 0 saturated carbocycles. The minimum atomic E-state index is 0.00211. The molecule has 2 aromatic heterocycles. The summed E-state index contributed by atoms with van der Waals surface area (Å²) < 4.78 is 1.77. The summed E-state index contributed by atoms with van der Waals surface area (Å²) >= 11 is 0. The van der Waals surface area contributed by atoms with Crippen molar-refractivity contribution < 1.29 is 0 Å². The number of likely N-dealkylation sites (N-methyl/N-ethyl adjacent to an activating group) is 1. The maximum atomic E-state index is 13.0. The number of pyridine rings is 1. The molecule has 0 amide bonds. The second-order valence-electron chi connectivity index (χ2n) is 6.62. The van der Waals surface area contributed by atoms with Gasteiger partial charge in [-0.25, -0.2) is 4.98 Å². The van der Waals surface area contributed by atoms with E-state index in [1.165, 1.54) is 11.1 Å². The van der Waals surface area contributed by atoms with E-state index in [4.69, 9.17) is 4.98 Å². The van der Waals surface area contributed by atoms with E-state index in [9.17, 15) is 4.79 Å². The van der Waals surface area contributed by atoms with Gasteiger partial charge in [0.15, 0.2) is 0 Å². The molecule has 3 rings (SSSR count). The summed E-state index contributed by atoms with van der Waals surface area (Å²) in [5, 5.41) is 1.55. The zero-order chi connectivity index (χ0) is 18.1. The molecular formula is C20H26N4O. The molecule has 0 radical (unpaired) electrons. The van der Waals surface area contributed by atoms with Gasteiger partial charge >= 0.3 is 0 Å². The van der Waals surface area contributed by atoms with Crippen molar-refractivity contribution in [1.29, 1.82) is 0 Å². The Morgan fingerprint density at radius 2 is 1.72 bits per heavy atom. The highest BCUT2D eigenvalue weighted by atomic mass is 16.1. The molecule has 0 aliphatic rings. The van der Waals surface area contributed by atoms with Crippen LogP contribution in [0.5, 0.6) is 0 Å². The fourth-order valence-corrected chi connectivity index (χ4v) is 3.27. The molecule has 0 saturated heterocycles. The monoisotopic (exact) mass is 338 g/mol. The molecule has 0 fully saturated rings.